The van der Waals surface area contributed by atoms with Crippen molar-refractivity contribution in [3.63, 3.8) is 0 Å². The second-order valence-electron chi connectivity index (χ2n) is 5.76. The normalized spacial score (nSPS) is 14.0. The zero-order valence-electron chi connectivity index (χ0n) is 13.9. The number of esters is 1. The lowest BCUT2D eigenvalue weighted by molar-refractivity contribution is 0.0470. The van der Waals surface area contributed by atoms with E-state index in [-0.39, 0.29) is 12.6 Å². The molecule has 2 aromatic rings. The smallest absolute Gasteiger partial charge is 0.338 e. The Labute approximate surface area is 139 Å². The number of ether oxygens (including phenoxy) is 1. The minimum Gasteiger partial charge on any atom is -0.457 e. The first-order chi connectivity index (χ1) is 11.5. The summed E-state index contributed by atoms with van der Waals surface area (Å²) in [5.41, 5.74) is 3.59. The number of anilines is 1. The van der Waals surface area contributed by atoms with Crippen LogP contribution in [0, 0.1) is 20.8 Å². The average molecular weight is 329 g/mol. The van der Waals surface area contributed by atoms with E-state index in [1.54, 1.807) is 36.9 Å². The SMILES string of the molecule is Cc1cc(C(=O)OCc2c(C)noc2C)ccc1N1CCNC1=O. The van der Waals surface area contributed by atoms with Crippen LogP contribution in [0.5, 0.6) is 0 Å². The monoisotopic (exact) mass is 329 g/mol. The van der Waals surface area contributed by atoms with Gasteiger partial charge in [-0.1, -0.05) is 5.16 Å². The van der Waals surface area contributed by atoms with Crippen molar-refractivity contribution in [3.8, 4) is 0 Å². The van der Waals surface area contributed by atoms with Gasteiger partial charge in [-0.15, -0.1) is 0 Å². The van der Waals surface area contributed by atoms with Crippen LogP contribution in [0.2, 0.25) is 0 Å². The van der Waals surface area contributed by atoms with Crippen LogP contribution in [0.1, 0.15) is 32.9 Å². The highest BCUT2D eigenvalue weighted by Gasteiger charge is 2.23. The summed E-state index contributed by atoms with van der Waals surface area (Å²) >= 11 is 0. The Hall–Kier alpha value is -2.83. The molecule has 2 amide bonds. The maximum Gasteiger partial charge on any atom is 0.338 e. The number of carbonyl (C=O) groups excluding carboxylic acids is 2. The Kier molecular flexibility index (Phi) is 4.24. The summed E-state index contributed by atoms with van der Waals surface area (Å²) in [5, 5.41) is 6.59. The van der Waals surface area contributed by atoms with Gasteiger partial charge in [-0.05, 0) is 44.5 Å². The topological polar surface area (TPSA) is 84.7 Å². The van der Waals surface area contributed by atoms with Crippen LogP contribution < -0.4 is 10.2 Å². The minimum absolute atomic E-state index is 0.119. The Bertz CT molecular complexity index is 778. The first-order valence-electron chi connectivity index (χ1n) is 7.72. The zero-order valence-corrected chi connectivity index (χ0v) is 13.9. The van der Waals surface area contributed by atoms with Crippen LogP contribution in [-0.2, 0) is 11.3 Å². The molecule has 7 heteroatoms. The number of aromatic nitrogens is 1. The van der Waals surface area contributed by atoms with Gasteiger partial charge in [0.05, 0.1) is 16.8 Å². The molecular weight excluding hydrogens is 310 g/mol. The Balaban J connectivity index is 1.71. The van der Waals surface area contributed by atoms with Crippen molar-refractivity contribution in [3.05, 3.63) is 46.3 Å². The predicted octanol–water partition coefficient (Wildman–Crippen LogP) is 2.49. The van der Waals surface area contributed by atoms with Gasteiger partial charge in [-0.25, -0.2) is 9.59 Å². The summed E-state index contributed by atoms with van der Waals surface area (Å²) in [6.45, 7) is 6.82. The van der Waals surface area contributed by atoms with Crippen LogP contribution in [-0.4, -0.2) is 30.2 Å². The number of nitrogens with zero attached hydrogens (tertiary/aromatic N) is 2. The van der Waals surface area contributed by atoms with Gasteiger partial charge in [-0.2, -0.15) is 0 Å². The lowest BCUT2D eigenvalue weighted by Crippen LogP contribution is -2.28. The lowest BCUT2D eigenvalue weighted by Gasteiger charge is -2.17. The Morgan fingerprint density at radius 1 is 1.38 bits per heavy atom. The molecule has 0 atom stereocenters. The molecule has 7 nitrogen and oxygen atoms in total. The van der Waals surface area contributed by atoms with Crippen molar-refractivity contribution in [1.82, 2.24) is 10.5 Å². The highest BCUT2D eigenvalue weighted by atomic mass is 16.5. The number of urea groups is 1. The van der Waals surface area contributed by atoms with Gasteiger partial charge in [-0.3, -0.25) is 4.90 Å². The van der Waals surface area contributed by atoms with E-state index in [1.165, 1.54) is 0 Å². The van der Waals surface area contributed by atoms with Gasteiger partial charge in [0, 0.05) is 18.8 Å². The van der Waals surface area contributed by atoms with Gasteiger partial charge in [0.25, 0.3) is 0 Å². The summed E-state index contributed by atoms with van der Waals surface area (Å²) in [7, 11) is 0. The molecule has 24 heavy (non-hydrogen) atoms. The molecule has 0 radical (unpaired) electrons. The second kappa shape index (κ2) is 6.35. The van der Waals surface area contributed by atoms with Crippen molar-refractivity contribution in [2.24, 2.45) is 0 Å². The van der Waals surface area contributed by atoms with Crippen LogP contribution in [0.25, 0.3) is 0 Å². The number of amides is 2. The van der Waals surface area contributed by atoms with Crippen molar-refractivity contribution < 1.29 is 18.8 Å². The summed E-state index contributed by atoms with van der Waals surface area (Å²) in [5.74, 6) is 0.224. The molecular formula is C17H19N3O4. The Morgan fingerprint density at radius 3 is 2.75 bits per heavy atom. The van der Waals surface area contributed by atoms with Gasteiger partial charge in [0.1, 0.15) is 12.4 Å². The second-order valence-corrected chi connectivity index (χ2v) is 5.76. The summed E-state index contributed by atoms with van der Waals surface area (Å²) < 4.78 is 10.4. The summed E-state index contributed by atoms with van der Waals surface area (Å²) in [4.78, 5) is 25.7. The average Bonchev–Trinajstić information content (AvgIpc) is 3.11. The third kappa shape index (κ3) is 2.97. The highest BCUT2D eigenvalue weighted by Crippen LogP contribution is 2.23. The number of nitrogens with one attached hydrogen (secondary N) is 1. The van der Waals surface area contributed by atoms with E-state index in [1.807, 2.05) is 6.92 Å². The molecule has 1 saturated heterocycles. The highest BCUT2D eigenvalue weighted by molar-refractivity contribution is 5.96. The fraction of sp³-hybridized carbons (Fsp3) is 0.353. The number of carbonyl (C=O) groups is 2. The van der Waals surface area contributed by atoms with E-state index in [4.69, 9.17) is 9.26 Å². The molecule has 1 aliphatic rings. The summed E-state index contributed by atoms with van der Waals surface area (Å²) in [6, 6.07) is 5.05. The van der Waals surface area contributed by atoms with Gasteiger partial charge >= 0.3 is 12.0 Å². The molecule has 1 aromatic carbocycles. The third-order valence-corrected chi connectivity index (χ3v) is 4.11. The van der Waals surface area contributed by atoms with Gasteiger partial charge < -0.3 is 14.6 Å². The number of hydrogen-bond acceptors (Lipinski definition) is 5. The first kappa shape index (κ1) is 16.0. The molecule has 1 N–H and O–H groups in total. The minimum atomic E-state index is -0.421. The third-order valence-electron chi connectivity index (χ3n) is 4.11. The van der Waals surface area contributed by atoms with Crippen LogP contribution in [0.15, 0.2) is 22.7 Å². The fourth-order valence-electron chi connectivity index (χ4n) is 2.72. The quantitative estimate of drug-likeness (QED) is 0.871. The van der Waals surface area contributed by atoms with Gasteiger partial charge in [0.15, 0.2) is 0 Å². The van der Waals surface area contributed by atoms with E-state index in [0.29, 0.717) is 30.1 Å². The van der Waals surface area contributed by atoms with Crippen LogP contribution in [0.3, 0.4) is 0 Å². The molecule has 0 aliphatic carbocycles. The summed E-state index contributed by atoms with van der Waals surface area (Å²) in [6.07, 6.45) is 0. The zero-order chi connectivity index (χ0) is 17.3. The standard InChI is InChI=1S/C17H19N3O4/c1-10-8-13(4-5-15(10)20-7-6-18-17(20)22)16(21)23-9-14-11(2)19-24-12(14)3/h4-5,8H,6-7,9H2,1-3H3,(H,18,22). The van der Waals surface area contributed by atoms with E-state index < -0.39 is 5.97 Å². The number of benzene rings is 1. The van der Waals surface area contributed by atoms with E-state index in [2.05, 4.69) is 10.5 Å². The van der Waals surface area contributed by atoms with E-state index >= 15 is 0 Å². The molecule has 0 spiro atoms. The molecule has 0 bridgehead atoms. The lowest BCUT2D eigenvalue weighted by atomic mass is 10.1. The predicted molar refractivity (Wildman–Crippen MR) is 87.0 cm³/mol. The number of rotatable bonds is 4. The number of aryl methyl sites for hydroxylation is 3. The molecule has 1 aliphatic heterocycles. The number of hydrogen-bond donors (Lipinski definition) is 1. The molecule has 1 fully saturated rings. The van der Waals surface area contributed by atoms with Crippen molar-refractivity contribution in [1.29, 1.82) is 0 Å². The van der Waals surface area contributed by atoms with Crippen LogP contribution >= 0.6 is 0 Å². The molecule has 0 unspecified atom stereocenters. The Morgan fingerprint density at radius 2 is 2.17 bits per heavy atom. The molecule has 126 valence electrons. The van der Waals surface area contributed by atoms with Crippen LogP contribution in [0.4, 0.5) is 10.5 Å². The molecule has 1 aromatic heterocycles. The van der Waals surface area contributed by atoms with Gasteiger partial charge in [0.2, 0.25) is 0 Å². The van der Waals surface area contributed by atoms with E-state index in [0.717, 1.165) is 16.8 Å². The fourth-order valence-corrected chi connectivity index (χ4v) is 2.72. The maximum absolute atomic E-state index is 12.2. The maximum atomic E-state index is 12.2. The molecule has 3 rings (SSSR count). The van der Waals surface area contributed by atoms with Crippen molar-refractivity contribution in [2.45, 2.75) is 27.4 Å². The van der Waals surface area contributed by atoms with E-state index in [9.17, 15) is 9.59 Å². The largest absolute Gasteiger partial charge is 0.457 e. The molecule has 2 heterocycles. The molecule has 0 saturated carbocycles. The first-order valence-corrected chi connectivity index (χ1v) is 7.72. The van der Waals surface area contributed by atoms with Crippen molar-refractivity contribution >= 4 is 17.7 Å². The van der Waals surface area contributed by atoms with Crippen molar-refractivity contribution in [2.75, 3.05) is 18.0 Å².